The van der Waals surface area contributed by atoms with E-state index in [0.29, 0.717) is 10.3 Å². The van der Waals surface area contributed by atoms with Crippen LogP contribution in [0.1, 0.15) is 48.2 Å². The molecule has 4 aromatic rings. The lowest BCUT2D eigenvalue weighted by molar-refractivity contribution is -0.384. The number of amides is 1. The molecule has 0 saturated carbocycles. The highest BCUT2D eigenvalue weighted by atomic mass is 19.4. The number of nitrogens with one attached hydrogen (secondary N) is 1. The van der Waals surface area contributed by atoms with Crippen LogP contribution in [0.25, 0.3) is 5.65 Å². The highest BCUT2D eigenvalue weighted by Gasteiger charge is 2.36. The number of fused-ring (bicyclic) bond motifs is 1. The number of aromatic nitrogens is 3. The van der Waals surface area contributed by atoms with Crippen LogP contribution in [0.3, 0.4) is 0 Å². The first-order valence-electron chi connectivity index (χ1n) is 11.0. The van der Waals surface area contributed by atoms with Gasteiger partial charge in [0.1, 0.15) is 17.2 Å². The van der Waals surface area contributed by atoms with Crippen molar-refractivity contribution >= 4 is 22.9 Å². The van der Waals surface area contributed by atoms with E-state index in [1.165, 1.54) is 12.1 Å². The Hall–Kier alpha value is -4.48. The highest BCUT2D eigenvalue weighted by Crippen LogP contribution is 2.33. The number of hydrogen-bond acceptors (Lipinski definition) is 6. The Morgan fingerprint density at radius 1 is 1.03 bits per heavy atom. The second-order valence-corrected chi connectivity index (χ2v) is 9.42. The second-order valence-electron chi connectivity index (χ2n) is 9.42. The predicted octanol–water partition coefficient (Wildman–Crippen LogP) is 6.31. The molecular formula is C25H22F3N5O4. The van der Waals surface area contributed by atoms with Crippen molar-refractivity contribution in [2.75, 3.05) is 5.32 Å². The lowest BCUT2D eigenvalue weighted by Crippen LogP contribution is -2.20. The second kappa shape index (κ2) is 9.19. The molecule has 0 bridgehead atoms. The monoisotopic (exact) mass is 513 g/mol. The zero-order chi connectivity index (χ0) is 27.1. The van der Waals surface area contributed by atoms with E-state index in [0.717, 1.165) is 23.8 Å². The van der Waals surface area contributed by atoms with E-state index in [1.54, 1.807) is 45.0 Å². The zero-order valence-corrected chi connectivity index (χ0v) is 20.3. The van der Waals surface area contributed by atoms with Crippen LogP contribution in [-0.2, 0) is 11.6 Å². The minimum absolute atomic E-state index is 0.00208. The number of hydrogen-bond donors (Lipinski definition) is 1. The van der Waals surface area contributed by atoms with Gasteiger partial charge in [-0.3, -0.25) is 14.9 Å². The number of rotatable bonds is 5. The predicted molar refractivity (Wildman–Crippen MR) is 129 cm³/mol. The van der Waals surface area contributed by atoms with E-state index in [-0.39, 0.29) is 34.2 Å². The number of carbonyl (C=O) groups excluding carboxylic acids is 1. The molecule has 12 heteroatoms. The van der Waals surface area contributed by atoms with E-state index >= 15 is 0 Å². The van der Waals surface area contributed by atoms with Gasteiger partial charge < -0.3 is 10.1 Å². The molecule has 0 spiro atoms. The SMILES string of the molecule is Cc1ccc(Oc2cc(NC(=O)c3cc4nc(C(C)(C)C)cc(C(F)(F)F)n4n3)cc([N+](=O)[O-])c2)cc1. The van der Waals surface area contributed by atoms with Crippen LogP contribution in [0.4, 0.5) is 24.5 Å². The summed E-state index contributed by atoms with van der Waals surface area (Å²) in [6.45, 7) is 7.04. The van der Waals surface area contributed by atoms with Crippen molar-refractivity contribution < 1.29 is 27.6 Å². The Bertz CT molecular complexity index is 1510. The number of alkyl halides is 3. The number of non-ortho nitro benzene ring substituents is 1. The lowest BCUT2D eigenvalue weighted by atomic mass is 9.91. The van der Waals surface area contributed by atoms with Crippen LogP contribution >= 0.6 is 0 Å². The van der Waals surface area contributed by atoms with E-state index in [1.807, 2.05) is 6.92 Å². The minimum Gasteiger partial charge on any atom is -0.457 e. The molecule has 0 aliphatic carbocycles. The van der Waals surface area contributed by atoms with Gasteiger partial charge in [-0.05, 0) is 25.1 Å². The molecule has 2 aromatic heterocycles. The average molecular weight is 513 g/mol. The molecule has 1 amide bonds. The van der Waals surface area contributed by atoms with E-state index in [4.69, 9.17) is 4.74 Å². The fraction of sp³-hybridized carbons (Fsp3) is 0.240. The summed E-state index contributed by atoms with van der Waals surface area (Å²) in [4.78, 5) is 27.9. The van der Waals surface area contributed by atoms with E-state index < -0.39 is 28.1 Å². The molecule has 9 nitrogen and oxygen atoms in total. The van der Waals surface area contributed by atoms with Gasteiger partial charge in [-0.1, -0.05) is 38.5 Å². The van der Waals surface area contributed by atoms with Gasteiger partial charge in [-0.15, -0.1) is 0 Å². The third-order valence-corrected chi connectivity index (χ3v) is 5.34. The van der Waals surface area contributed by atoms with Crippen molar-refractivity contribution in [2.24, 2.45) is 0 Å². The third-order valence-electron chi connectivity index (χ3n) is 5.34. The van der Waals surface area contributed by atoms with Gasteiger partial charge in [0.15, 0.2) is 11.3 Å². The zero-order valence-electron chi connectivity index (χ0n) is 20.3. The van der Waals surface area contributed by atoms with Crippen LogP contribution in [0, 0.1) is 17.0 Å². The van der Waals surface area contributed by atoms with Crippen molar-refractivity contribution in [1.29, 1.82) is 0 Å². The molecule has 0 aliphatic heterocycles. The maximum absolute atomic E-state index is 13.7. The molecule has 4 rings (SSSR count). The minimum atomic E-state index is -4.75. The van der Waals surface area contributed by atoms with Gasteiger partial charge in [0.2, 0.25) is 0 Å². The first kappa shape index (κ1) is 25.6. The molecule has 2 heterocycles. The topological polar surface area (TPSA) is 112 Å². The van der Waals surface area contributed by atoms with E-state index in [9.17, 15) is 28.1 Å². The Morgan fingerprint density at radius 3 is 2.30 bits per heavy atom. The molecule has 0 radical (unpaired) electrons. The summed E-state index contributed by atoms with van der Waals surface area (Å²) in [5.74, 6) is -0.374. The number of anilines is 1. The molecule has 0 saturated heterocycles. The largest absolute Gasteiger partial charge is 0.457 e. The van der Waals surface area contributed by atoms with Gasteiger partial charge in [0.05, 0.1) is 22.4 Å². The van der Waals surface area contributed by atoms with Crippen molar-refractivity contribution in [1.82, 2.24) is 14.6 Å². The van der Waals surface area contributed by atoms with Crippen molar-refractivity contribution in [3.8, 4) is 11.5 Å². The van der Waals surface area contributed by atoms with Crippen LogP contribution in [0.2, 0.25) is 0 Å². The number of benzene rings is 2. The molecule has 0 aliphatic rings. The lowest BCUT2D eigenvalue weighted by Gasteiger charge is -2.19. The number of nitro groups is 1. The molecule has 1 N–H and O–H groups in total. The molecule has 2 aromatic carbocycles. The van der Waals surface area contributed by atoms with Crippen molar-refractivity contribution in [3.63, 3.8) is 0 Å². The molecular weight excluding hydrogens is 491 g/mol. The summed E-state index contributed by atoms with van der Waals surface area (Å²) in [7, 11) is 0. The van der Waals surface area contributed by atoms with E-state index in [2.05, 4.69) is 15.4 Å². The van der Waals surface area contributed by atoms with Gasteiger partial charge in [0, 0.05) is 23.6 Å². The smallest absolute Gasteiger partial charge is 0.433 e. The Labute approximate surface area is 209 Å². The van der Waals surface area contributed by atoms with Crippen LogP contribution in [0.15, 0.2) is 54.6 Å². The summed E-state index contributed by atoms with van der Waals surface area (Å²) < 4.78 is 47.5. The highest BCUT2D eigenvalue weighted by molar-refractivity contribution is 6.03. The molecule has 37 heavy (non-hydrogen) atoms. The molecule has 0 fully saturated rings. The van der Waals surface area contributed by atoms with Gasteiger partial charge in [-0.2, -0.15) is 18.3 Å². The first-order chi connectivity index (χ1) is 17.2. The average Bonchev–Trinajstić information content (AvgIpc) is 3.23. The number of nitrogens with zero attached hydrogens (tertiary/aromatic N) is 4. The first-order valence-corrected chi connectivity index (χ1v) is 11.0. The normalized spacial score (nSPS) is 12.0. The van der Waals surface area contributed by atoms with Gasteiger partial charge in [-0.25, -0.2) is 9.50 Å². The quantitative estimate of drug-likeness (QED) is 0.247. The Morgan fingerprint density at radius 2 is 1.70 bits per heavy atom. The number of nitro benzene ring substituents is 1. The van der Waals surface area contributed by atoms with Crippen LogP contribution in [-0.4, -0.2) is 25.4 Å². The van der Waals surface area contributed by atoms with Crippen molar-refractivity contribution in [2.45, 2.75) is 39.3 Å². The van der Waals surface area contributed by atoms with Gasteiger partial charge in [0.25, 0.3) is 11.6 Å². The summed E-state index contributed by atoms with van der Waals surface area (Å²) in [6.07, 6.45) is -4.75. The van der Waals surface area contributed by atoms with Gasteiger partial charge >= 0.3 is 6.18 Å². The maximum atomic E-state index is 13.7. The summed E-state index contributed by atoms with van der Waals surface area (Å²) >= 11 is 0. The Kier molecular flexibility index (Phi) is 6.36. The number of carbonyl (C=O) groups is 1. The third kappa shape index (κ3) is 5.68. The summed E-state index contributed by atoms with van der Waals surface area (Å²) in [5.41, 5.74) is -1.47. The number of halogens is 3. The standard InChI is InChI=1S/C25H22F3N5O4/c1-14-5-7-17(8-6-14)37-18-10-15(9-16(11-18)33(35)36)29-23(34)19-12-22-30-20(24(2,3)4)13-21(25(26,27)28)32(22)31-19/h5-13H,1-4H3,(H,29,34). The summed E-state index contributed by atoms with van der Waals surface area (Å²) in [6, 6.07) is 12.6. The fourth-order valence-corrected chi connectivity index (χ4v) is 3.43. The molecule has 0 atom stereocenters. The fourth-order valence-electron chi connectivity index (χ4n) is 3.43. The molecule has 192 valence electrons. The number of aryl methyl sites for hydroxylation is 1. The Balaban J connectivity index is 1.69. The van der Waals surface area contributed by atoms with Crippen LogP contribution < -0.4 is 10.1 Å². The summed E-state index contributed by atoms with van der Waals surface area (Å²) in [5, 5.41) is 17.7. The number of ether oxygens (including phenoxy) is 1. The van der Waals surface area contributed by atoms with Crippen LogP contribution in [0.5, 0.6) is 11.5 Å². The maximum Gasteiger partial charge on any atom is 0.433 e. The van der Waals surface area contributed by atoms with Crippen molar-refractivity contribution in [3.05, 3.63) is 87.4 Å². The molecule has 0 unspecified atom stereocenters.